The lowest BCUT2D eigenvalue weighted by Gasteiger charge is -2.21. The highest BCUT2D eigenvalue weighted by Gasteiger charge is 2.25. The van der Waals surface area contributed by atoms with Crippen LogP contribution in [0.15, 0.2) is 48.5 Å². The third-order valence-corrected chi connectivity index (χ3v) is 5.14. The van der Waals surface area contributed by atoms with Crippen molar-refractivity contribution in [2.24, 2.45) is 5.92 Å². The van der Waals surface area contributed by atoms with Crippen molar-refractivity contribution in [2.45, 2.75) is 39.8 Å². The molecule has 134 valence electrons. The number of carbonyl (C=O) groups excluding carboxylic acids is 1. The summed E-state index contributed by atoms with van der Waals surface area (Å²) in [6.07, 6.45) is 2.59. The molecule has 1 saturated carbocycles. The van der Waals surface area contributed by atoms with E-state index in [1.165, 1.54) is 18.4 Å². The van der Waals surface area contributed by atoms with Crippen molar-refractivity contribution in [3.8, 4) is 0 Å². The maximum absolute atomic E-state index is 13.0. The Kier molecular flexibility index (Phi) is 4.49. The zero-order valence-corrected chi connectivity index (χ0v) is 15.5. The monoisotopic (exact) mass is 347 g/mol. The fourth-order valence-corrected chi connectivity index (χ4v) is 3.47. The molecule has 26 heavy (non-hydrogen) atoms. The maximum atomic E-state index is 13.0. The molecular formula is C22H25N3O. The molecule has 3 aromatic rings. The van der Waals surface area contributed by atoms with Gasteiger partial charge in [-0.1, -0.05) is 29.8 Å². The zero-order valence-electron chi connectivity index (χ0n) is 15.5. The molecule has 1 aliphatic rings. The molecule has 4 nitrogen and oxygen atoms in total. The standard InChI is InChI=1S/C22H25N3O/c1-3-24(22(26)18-8-6-7-16(2)13-18)15-21-23-19-9-4-5-10-20(19)25(21)14-17-11-12-17/h4-10,13,17H,3,11-12,14-15H2,1-2H3. The van der Waals surface area contributed by atoms with E-state index in [1.54, 1.807) is 0 Å². The number of hydrogen-bond donors (Lipinski definition) is 0. The van der Waals surface area contributed by atoms with Crippen LogP contribution in [0.4, 0.5) is 0 Å². The molecule has 1 aromatic heterocycles. The number of imidazole rings is 1. The fraction of sp³-hybridized carbons (Fsp3) is 0.364. The highest BCUT2D eigenvalue weighted by atomic mass is 16.2. The average Bonchev–Trinajstić information content (AvgIpc) is 3.41. The highest BCUT2D eigenvalue weighted by Crippen LogP contribution is 2.32. The van der Waals surface area contributed by atoms with E-state index in [-0.39, 0.29) is 5.91 Å². The van der Waals surface area contributed by atoms with Gasteiger partial charge in [-0.3, -0.25) is 4.79 Å². The van der Waals surface area contributed by atoms with Crippen LogP contribution in [0.2, 0.25) is 0 Å². The molecule has 0 bridgehead atoms. The minimum Gasteiger partial charge on any atom is -0.331 e. The Hall–Kier alpha value is -2.62. The first kappa shape index (κ1) is 16.8. The van der Waals surface area contributed by atoms with E-state index < -0.39 is 0 Å². The first-order chi connectivity index (χ1) is 12.7. The van der Waals surface area contributed by atoms with Gasteiger partial charge in [0.2, 0.25) is 0 Å². The number of amides is 1. The number of nitrogens with zero attached hydrogens (tertiary/aromatic N) is 3. The molecule has 0 unspecified atom stereocenters. The van der Waals surface area contributed by atoms with Gasteiger partial charge < -0.3 is 9.47 Å². The van der Waals surface area contributed by atoms with Crippen LogP contribution in [-0.2, 0) is 13.1 Å². The summed E-state index contributed by atoms with van der Waals surface area (Å²) in [4.78, 5) is 19.7. The number of hydrogen-bond acceptors (Lipinski definition) is 2. The van der Waals surface area contributed by atoms with Crippen molar-refractivity contribution in [3.05, 3.63) is 65.5 Å². The van der Waals surface area contributed by atoms with Crippen LogP contribution in [0.25, 0.3) is 11.0 Å². The second-order valence-electron chi connectivity index (χ2n) is 7.26. The summed E-state index contributed by atoms with van der Waals surface area (Å²) in [5, 5.41) is 0. The third kappa shape index (κ3) is 3.36. The molecule has 0 radical (unpaired) electrons. The van der Waals surface area contributed by atoms with Crippen LogP contribution in [0, 0.1) is 12.8 Å². The van der Waals surface area contributed by atoms with Crippen LogP contribution in [0.3, 0.4) is 0 Å². The minimum absolute atomic E-state index is 0.0706. The van der Waals surface area contributed by atoms with Gasteiger partial charge in [0, 0.05) is 18.7 Å². The van der Waals surface area contributed by atoms with E-state index in [4.69, 9.17) is 4.98 Å². The summed E-state index contributed by atoms with van der Waals surface area (Å²) in [5.74, 6) is 1.82. The van der Waals surface area contributed by atoms with Gasteiger partial charge in [-0.2, -0.15) is 0 Å². The Morgan fingerprint density at radius 2 is 2.00 bits per heavy atom. The Bertz CT molecular complexity index is 939. The van der Waals surface area contributed by atoms with E-state index >= 15 is 0 Å². The molecule has 4 heteroatoms. The van der Waals surface area contributed by atoms with Crippen LogP contribution in [-0.4, -0.2) is 26.9 Å². The first-order valence-electron chi connectivity index (χ1n) is 9.45. The van der Waals surface area contributed by atoms with Gasteiger partial charge in [-0.25, -0.2) is 4.98 Å². The number of aromatic nitrogens is 2. The lowest BCUT2D eigenvalue weighted by molar-refractivity contribution is 0.0746. The van der Waals surface area contributed by atoms with Crippen molar-refractivity contribution >= 4 is 16.9 Å². The van der Waals surface area contributed by atoms with Gasteiger partial charge in [-0.05, 0) is 56.9 Å². The normalized spacial score (nSPS) is 13.9. The Labute approximate surface area is 154 Å². The maximum Gasteiger partial charge on any atom is 0.254 e. The van der Waals surface area contributed by atoms with E-state index in [9.17, 15) is 4.79 Å². The van der Waals surface area contributed by atoms with Gasteiger partial charge in [0.05, 0.1) is 17.6 Å². The van der Waals surface area contributed by atoms with Gasteiger partial charge in [0.15, 0.2) is 0 Å². The van der Waals surface area contributed by atoms with Crippen LogP contribution < -0.4 is 0 Å². The molecule has 4 rings (SSSR count). The highest BCUT2D eigenvalue weighted by molar-refractivity contribution is 5.94. The molecule has 1 fully saturated rings. The van der Waals surface area contributed by atoms with Gasteiger partial charge in [0.25, 0.3) is 5.91 Å². The van der Waals surface area contributed by atoms with Gasteiger partial charge in [-0.15, -0.1) is 0 Å². The topological polar surface area (TPSA) is 38.1 Å². The second kappa shape index (κ2) is 6.94. The average molecular weight is 347 g/mol. The zero-order chi connectivity index (χ0) is 18.1. The number of para-hydroxylation sites is 2. The summed E-state index contributed by atoms with van der Waals surface area (Å²) in [7, 11) is 0. The summed E-state index contributed by atoms with van der Waals surface area (Å²) in [6, 6.07) is 16.1. The predicted octanol–water partition coefficient (Wildman–Crippen LogP) is 4.42. The van der Waals surface area contributed by atoms with E-state index in [0.717, 1.165) is 34.9 Å². The molecule has 0 spiro atoms. The van der Waals surface area contributed by atoms with Gasteiger partial charge in [0.1, 0.15) is 5.82 Å². The largest absolute Gasteiger partial charge is 0.331 e. The van der Waals surface area contributed by atoms with E-state index in [1.807, 2.05) is 49.1 Å². The molecule has 0 saturated heterocycles. The summed E-state index contributed by atoms with van der Waals surface area (Å²) in [6.45, 7) is 6.26. The predicted molar refractivity (Wildman–Crippen MR) is 104 cm³/mol. The molecule has 0 N–H and O–H groups in total. The summed E-state index contributed by atoms with van der Waals surface area (Å²) < 4.78 is 2.32. The number of aryl methyl sites for hydroxylation is 1. The number of rotatable bonds is 6. The van der Waals surface area contributed by atoms with E-state index in [0.29, 0.717) is 13.1 Å². The lowest BCUT2D eigenvalue weighted by Crippen LogP contribution is -2.31. The molecular weight excluding hydrogens is 322 g/mol. The van der Waals surface area contributed by atoms with Crippen LogP contribution >= 0.6 is 0 Å². The fourth-order valence-electron chi connectivity index (χ4n) is 3.47. The second-order valence-corrected chi connectivity index (χ2v) is 7.26. The van der Waals surface area contributed by atoms with Gasteiger partial charge >= 0.3 is 0 Å². The Morgan fingerprint density at radius 1 is 1.19 bits per heavy atom. The first-order valence-corrected chi connectivity index (χ1v) is 9.45. The Morgan fingerprint density at radius 3 is 2.73 bits per heavy atom. The number of carbonyl (C=O) groups is 1. The van der Waals surface area contributed by atoms with Crippen molar-refractivity contribution in [2.75, 3.05) is 6.54 Å². The molecule has 0 aliphatic heterocycles. The van der Waals surface area contributed by atoms with Crippen molar-refractivity contribution in [1.82, 2.24) is 14.5 Å². The number of benzene rings is 2. The molecule has 1 heterocycles. The number of fused-ring (bicyclic) bond motifs is 1. The molecule has 1 amide bonds. The smallest absolute Gasteiger partial charge is 0.254 e. The molecule has 0 atom stereocenters. The summed E-state index contributed by atoms with van der Waals surface area (Å²) >= 11 is 0. The SMILES string of the molecule is CCN(Cc1nc2ccccc2n1CC1CC1)C(=O)c1cccc(C)c1. The van der Waals surface area contributed by atoms with Crippen LogP contribution in [0.1, 0.15) is 41.5 Å². The van der Waals surface area contributed by atoms with Crippen molar-refractivity contribution in [3.63, 3.8) is 0 Å². The molecule has 2 aromatic carbocycles. The lowest BCUT2D eigenvalue weighted by atomic mass is 10.1. The quantitative estimate of drug-likeness (QED) is 0.662. The third-order valence-electron chi connectivity index (χ3n) is 5.14. The minimum atomic E-state index is 0.0706. The van der Waals surface area contributed by atoms with Crippen LogP contribution in [0.5, 0.6) is 0 Å². The van der Waals surface area contributed by atoms with Crippen molar-refractivity contribution in [1.29, 1.82) is 0 Å². The Balaban J connectivity index is 1.65. The molecule has 1 aliphatic carbocycles. The summed E-state index contributed by atoms with van der Waals surface area (Å²) in [5.41, 5.74) is 4.04. The van der Waals surface area contributed by atoms with Crippen molar-refractivity contribution < 1.29 is 4.79 Å². The van der Waals surface area contributed by atoms with E-state index in [2.05, 4.69) is 22.8 Å².